The molecule has 22 heavy (non-hydrogen) atoms. The van der Waals surface area contributed by atoms with Crippen LogP contribution in [0.5, 0.6) is 0 Å². The molecule has 1 fully saturated rings. The van der Waals surface area contributed by atoms with Crippen molar-refractivity contribution in [1.82, 2.24) is 24.8 Å². The molecule has 2 aromatic heterocycles. The first kappa shape index (κ1) is 15.5. The summed E-state index contributed by atoms with van der Waals surface area (Å²) < 4.78 is 0. The quantitative estimate of drug-likeness (QED) is 0.848. The van der Waals surface area contributed by atoms with E-state index >= 15 is 0 Å². The highest BCUT2D eigenvalue weighted by atomic mass is 32.1. The third-order valence-electron chi connectivity index (χ3n) is 4.03. The predicted octanol–water partition coefficient (Wildman–Crippen LogP) is 2.64. The topological polar surface area (TPSA) is 45.2 Å². The van der Waals surface area contributed by atoms with E-state index in [1.165, 1.54) is 24.1 Å². The number of aromatic nitrogens is 3. The highest BCUT2D eigenvalue weighted by Crippen LogP contribution is 2.34. The van der Waals surface area contributed by atoms with Gasteiger partial charge in [-0.2, -0.15) is 0 Å². The van der Waals surface area contributed by atoms with Crippen molar-refractivity contribution in [3.63, 3.8) is 0 Å². The summed E-state index contributed by atoms with van der Waals surface area (Å²) in [6.45, 7) is 4.89. The van der Waals surface area contributed by atoms with E-state index in [-0.39, 0.29) is 0 Å². The zero-order valence-corrected chi connectivity index (χ0v) is 14.3. The summed E-state index contributed by atoms with van der Waals surface area (Å²) in [4.78, 5) is 18.3. The molecule has 5 nitrogen and oxygen atoms in total. The van der Waals surface area contributed by atoms with Crippen LogP contribution in [0.25, 0.3) is 0 Å². The summed E-state index contributed by atoms with van der Waals surface area (Å²) in [6.07, 6.45) is 4.39. The largest absolute Gasteiger partial charge is 0.305 e. The Labute approximate surface area is 136 Å². The molecule has 118 valence electrons. The summed E-state index contributed by atoms with van der Waals surface area (Å²) in [7, 11) is 4.18. The molecule has 0 saturated carbocycles. The van der Waals surface area contributed by atoms with E-state index in [9.17, 15) is 0 Å². The highest BCUT2D eigenvalue weighted by molar-refractivity contribution is 7.07. The summed E-state index contributed by atoms with van der Waals surface area (Å²) >= 11 is 1.66. The second-order valence-corrected chi connectivity index (χ2v) is 6.89. The van der Waals surface area contributed by atoms with Gasteiger partial charge >= 0.3 is 0 Å². The van der Waals surface area contributed by atoms with Crippen molar-refractivity contribution >= 4 is 11.3 Å². The maximum absolute atomic E-state index is 4.79. The molecule has 0 spiro atoms. The fourth-order valence-electron chi connectivity index (χ4n) is 3.11. The van der Waals surface area contributed by atoms with Crippen molar-refractivity contribution in [3.05, 3.63) is 39.9 Å². The minimum absolute atomic E-state index is 0.387. The van der Waals surface area contributed by atoms with Crippen molar-refractivity contribution in [2.75, 3.05) is 20.6 Å². The van der Waals surface area contributed by atoms with Crippen molar-refractivity contribution in [1.29, 1.82) is 0 Å². The van der Waals surface area contributed by atoms with Gasteiger partial charge in [-0.25, -0.2) is 15.0 Å². The summed E-state index contributed by atoms with van der Waals surface area (Å²) in [5.74, 6) is 0.859. The maximum atomic E-state index is 4.79. The van der Waals surface area contributed by atoms with Gasteiger partial charge in [-0.05, 0) is 40.4 Å². The molecule has 1 atom stereocenters. The van der Waals surface area contributed by atoms with E-state index in [1.807, 2.05) is 18.6 Å². The first-order valence-corrected chi connectivity index (χ1v) is 8.66. The van der Waals surface area contributed by atoms with Crippen LogP contribution in [-0.4, -0.2) is 45.4 Å². The molecule has 1 aliphatic heterocycles. The van der Waals surface area contributed by atoms with Gasteiger partial charge in [-0.15, -0.1) is 11.3 Å². The number of nitrogens with zero attached hydrogens (tertiary/aromatic N) is 5. The van der Waals surface area contributed by atoms with Gasteiger partial charge in [0.2, 0.25) is 0 Å². The molecular formula is C16H23N5S. The Bertz CT molecular complexity index is 611. The van der Waals surface area contributed by atoms with E-state index < -0.39 is 0 Å². The van der Waals surface area contributed by atoms with Crippen LogP contribution in [0.2, 0.25) is 0 Å². The Morgan fingerprint density at radius 2 is 2.23 bits per heavy atom. The minimum Gasteiger partial charge on any atom is -0.305 e. The molecule has 0 amide bonds. The van der Waals surface area contributed by atoms with Crippen molar-refractivity contribution in [2.24, 2.45) is 0 Å². The molecule has 0 aromatic carbocycles. The van der Waals surface area contributed by atoms with E-state index in [1.54, 1.807) is 11.3 Å². The van der Waals surface area contributed by atoms with Gasteiger partial charge < -0.3 is 4.90 Å². The molecule has 3 rings (SSSR count). The van der Waals surface area contributed by atoms with Crippen molar-refractivity contribution in [2.45, 2.75) is 38.9 Å². The van der Waals surface area contributed by atoms with E-state index in [2.05, 4.69) is 39.2 Å². The van der Waals surface area contributed by atoms with Gasteiger partial charge in [-0.1, -0.05) is 0 Å². The van der Waals surface area contributed by atoms with E-state index in [0.717, 1.165) is 31.2 Å². The minimum atomic E-state index is 0.387. The summed E-state index contributed by atoms with van der Waals surface area (Å²) in [6, 6.07) is 0.387. The fourth-order valence-corrected chi connectivity index (χ4v) is 3.66. The third kappa shape index (κ3) is 3.51. The molecule has 6 heteroatoms. The number of hydrogen-bond acceptors (Lipinski definition) is 6. The Balaban J connectivity index is 1.86. The first-order valence-electron chi connectivity index (χ1n) is 7.71. The van der Waals surface area contributed by atoms with Crippen molar-refractivity contribution in [3.8, 4) is 0 Å². The van der Waals surface area contributed by atoms with Crippen LogP contribution in [0.3, 0.4) is 0 Å². The van der Waals surface area contributed by atoms with Gasteiger partial charge in [0.1, 0.15) is 5.82 Å². The molecule has 1 saturated heterocycles. The summed E-state index contributed by atoms with van der Waals surface area (Å²) in [5, 5.41) is 2.14. The second kappa shape index (κ2) is 6.81. The fraction of sp³-hybridized carbons (Fsp3) is 0.562. The monoisotopic (exact) mass is 317 g/mol. The molecule has 0 aliphatic carbocycles. The van der Waals surface area contributed by atoms with Crippen LogP contribution in [0.15, 0.2) is 17.1 Å². The second-order valence-electron chi connectivity index (χ2n) is 6.17. The third-order valence-corrected chi connectivity index (χ3v) is 4.67. The van der Waals surface area contributed by atoms with Gasteiger partial charge in [0.05, 0.1) is 22.9 Å². The normalized spacial score (nSPS) is 19.2. The lowest BCUT2D eigenvalue weighted by molar-refractivity contribution is 0.238. The highest BCUT2D eigenvalue weighted by Gasteiger charge is 2.29. The average Bonchev–Trinajstić information content (AvgIpc) is 3.12. The maximum Gasteiger partial charge on any atom is 0.125 e. The van der Waals surface area contributed by atoms with Gasteiger partial charge in [0.25, 0.3) is 0 Å². The van der Waals surface area contributed by atoms with Crippen LogP contribution in [-0.2, 0) is 13.1 Å². The first-order chi connectivity index (χ1) is 10.6. The van der Waals surface area contributed by atoms with Crippen molar-refractivity contribution < 1.29 is 0 Å². The summed E-state index contributed by atoms with van der Waals surface area (Å²) in [5.41, 5.74) is 5.52. The molecular weight excluding hydrogens is 294 g/mol. The molecule has 0 radical (unpaired) electrons. The van der Waals surface area contributed by atoms with Crippen LogP contribution >= 0.6 is 11.3 Å². The Kier molecular flexibility index (Phi) is 4.81. The smallest absolute Gasteiger partial charge is 0.125 e. The molecule has 0 bridgehead atoms. The van der Waals surface area contributed by atoms with Gasteiger partial charge in [-0.3, -0.25) is 4.90 Å². The van der Waals surface area contributed by atoms with Gasteiger partial charge in [0.15, 0.2) is 0 Å². The van der Waals surface area contributed by atoms with E-state index in [4.69, 9.17) is 4.98 Å². The van der Waals surface area contributed by atoms with Crippen LogP contribution in [0.4, 0.5) is 0 Å². The van der Waals surface area contributed by atoms with E-state index in [0.29, 0.717) is 6.04 Å². The van der Waals surface area contributed by atoms with Crippen LogP contribution in [0.1, 0.15) is 41.7 Å². The number of likely N-dealkylation sites (tertiary alicyclic amines) is 1. The number of rotatable bonds is 5. The molecule has 1 aliphatic rings. The zero-order chi connectivity index (χ0) is 15.5. The number of aryl methyl sites for hydroxylation is 1. The molecule has 0 N–H and O–H groups in total. The predicted molar refractivity (Wildman–Crippen MR) is 88.7 cm³/mol. The van der Waals surface area contributed by atoms with Gasteiger partial charge in [0, 0.05) is 30.2 Å². The Morgan fingerprint density at radius 3 is 2.95 bits per heavy atom. The standard InChI is InChI=1S/C16H23N5S/c1-12-17-7-13(8-20(2)3)16(19-12)15-5-4-6-21(15)9-14-10-22-11-18-14/h7,10-11,15H,4-6,8-9H2,1-3H3/t15-/m0/s1. The number of hydrogen-bond donors (Lipinski definition) is 0. The lowest BCUT2D eigenvalue weighted by Gasteiger charge is -2.26. The Hall–Kier alpha value is -1.37. The SMILES string of the molecule is Cc1ncc(CN(C)C)c([C@@H]2CCCN2Cc2cscn2)n1. The Morgan fingerprint density at radius 1 is 1.36 bits per heavy atom. The molecule has 3 heterocycles. The zero-order valence-electron chi connectivity index (χ0n) is 13.5. The lowest BCUT2D eigenvalue weighted by atomic mass is 10.1. The molecule has 0 unspecified atom stereocenters. The van der Waals surface area contributed by atoms with Crippen LogP contribution in [0, 0.1) is 6.92 Å². The lowest BCUT2D eigenvalue weighted by Crippen LogP contribution is -2.26. The van der Waals surface area contributed by atoms with Crippen LogP contribution < -0.4 is 0 Å². The number of thiazole rings is 1. The average molecular weight is 317 g/mol. The molecule has 2 aromatic rings.